The molecule has 0 aliphatic rings. The Bertz CT molecular complexity index is 566. The van der Waals surface area contributed by atoms with Gasteiger partial charge in [0.1, 0.15) is 5.82 Å². The molecular formula is C16H17ClFN. The molecule has 0 atom stereocenters. The number of rotatable bonds is 4. The fourth-order valence-corrected chi connectivity index (χ4v) is 2.21. The molecule has 19 heavy (non-hydrogen) atoms. The van der Waals surface area contributed by atoms with Crippen LogP contribution in [0.5, 0.6) is 0 Å². The first-order valence-electron chi connectivity index (χ1n) is 6.34. The summed E-state index contributed by atoms with van der Waals surface area (Å²) in [5.74, 6) is 0.0773. The summed E-state index contributed by atoms with van der Waals surface area (Å²) in [5.41, 5.74) is 3.35. The Morgan fingerprint density at radius 1 is 1.16 bits per heavy atom. The van der Waals surface area contributed by atoms with E-state index in [2.05, 4.69) is 31.3 Å². The normalized spacial score (nSPS) is 10.8. The minimum atomic E-state index is -0.381. The highest BCUT2D eigenvalue weighted by Gasteiger charge is 2.06. The molecule has 0 aromatic heterocycles. The van der Waals surface area contributed by atoms with Crippen LogP contribution in [0.3, 0.4) is 0 Å². The quantitative estimate of drug-likeness (QED) is 0.808. The maximum absolute atomic E-state index is 13.1. The van der Waals surface area contributed by atoms with Gasteiger partial charge in [-0.1, -0.05) is 49.7 Å². The van der Waals surface area contributed by atoms with Crippen molar-refractivity contribution in [3.8, 4) is 0 Å². The maximum atomic E-state index is 13.1. The molecule has 100 valence electrons. The molecule has 2 aromatic rings. The second-order valence-electron chi connectivity index (χ2n) is 4.84. The summed E-state index contributed by atoms with van der Waals surface area (Å²) in [6, 6.07) is 13.0. The highest BCUT2D eigenvalue weighted by molar-refractivity contribution is 6.30. The smallest absolute Gasteiger partial charge is 0.141 e. The van der Waals surface area contributed by atoms with Gasteiger partial charge in [-0.25, -0.2) is 4.39 Å². The monoisotopic (exact) mass is 277 g/mol. The molecule has 0 spiro atoms. The van der Waals surface area contributed by atoms with Gasteiger partial charge in [-0.05, 0) is 35.2 Å². The van der Waals surface area contributed by atoms with E-state index in [1.807, 2.05) is 12.1 Å². The van der Waals surface area contributed by atoms with Crippen LogP contribution in [0, 0.1) is 5.82 Å². The first-order valence-corrected chi connectivity index (χ1v) is 6.72. The number of benzene rings is 2. The van der Waals surface area contributed by atoms with E-state index in [1.165, 1.54) is 11.6 Å². The van der Waals surface area contributed by atoms with Crippen molar-refractivity contribution in [3.05, 3.63) is 64.4 Å². The highest BCUT2D eigenvalue weighted by atomic mass is 35.5. The van der Waals surface area contributed by atoms with Crippen LogP contribution in [0.4, 0.5) is 10.1 Å². The maximum Gasteiger partial charge on any atom is 0.141 e. The molecule has 0 radical (unpaired) electrons. The number of nitrogens with one attached hydrogen (secondary N) is 1. The minimum Gasteiger partial charge on any atom is -0.381 e. The van der Waals surface area contributed by atoms with Crippen LogP contribution in [0.1, 0.15) is 30.9 Å². The van der Waals surface area contributed by atoms with Gasteiger partial charge in [0.15, 0.2) is 0 Å². The molecule has 1 nitrogen and oxygen atoms in total. The van der Waals surface area contributed by atoms with Crippen molar-refractivity contribution in [3.63, 3.8) is 0 Å². The van der Waals surface area contributed by atoms with E-state index in [0.29, 0.717) is 12.5 Å². The van der Waals surface area contributed by atoms with Crippen LogP contribution < -0.4 is 5.32 Å². The van der Waals surface area contributed by atoms with Gasteiger partial charge in [0.05, 0.1) is 5.02 Å². The van der Waals surface area contributed by atoms with Crippen molar-refractivity contribution >= 4 is 17.3 Å². The lowest BCUT2D eigenvalue weighted by Crippen LogP contribution is -2.03. The standard InChI is InChI=1S/C16H17ClFN/c1-11(2)13-5-3-4-6-16(13)19-10-12-7-8-15(18)14(17)9-12/h3-9,11,19H,10H2,1-2H3. The van der Waals surface area contributed by atoms with Gasteiger partial charge in [0.25, 0.3) is 0 Å². The molecule has 0 unspecified atom stereocenters. The molecule has 3 heteroatoms. The molecule has 2 rings (SSSR count). The molecule has 0 fully saturated rings. The Morgan fingerprint density at radius 2 is 1.89 bits per heavy atom. The van der Waals surface area contributed by atoms with Crippen molar-refractivity contribution in [1.82, 2.24) is 0 Å². The zero-order valence-electron chi connectivity index (χ0n) is 11.1. The first kappa shape index (κ1) is 13.9. The second-order valence-corrected chi connectivity index (χ2v) is 5.25. The van der Waals surface area contributed by atoms with Crippen LogP contribution >= 0.6 is 11.6 Å². The first-order chi connectivity index (χ1) is 9.08. The molecule has 0 aliphatic heterocycles. The Kier molecular flexibility index (Phi) is 4.43. The van der Waals surface area contributed by atoms with Gasteiger partial charge in [0.2, 0.25) is 0 Å². The van der Waals surface area contributed by atoms with Gasteiger partial charge in [-0.3, -0.25) is 0 Å². The Hall–Kier alpha value is -1.54. The molecule has 1 N–H and O–H groups in total. The van der Waals surface area contributed by atoms with Crippen molar-refractivity contribution in [2.75, 3.05) is 5.32 Å². The lowest BCUT2D eigenvalue weighted by Gasteiger charge is -2.14. The molecular weight excluding hydrogens is 261 g/mol. The number of hydrogen-bond donors (Lipinski definition) is 1. The third-order valence-electron chi connectivity index (χ3n) is 3.05. The lowest BCUT2D eigenvalue weighted by atomic mass is 10.0. The summed E-state index contributed by atoms with van der Waals surface area (Å²) in [5, 5.41) is 3.54. The number of halogens is 2. The van der Waals surface area contributed by atoms with E-state index in [0.717, 1.165) is 11.3 Å². The largest absolute Gasteiger partial charge is 0.381 e. The lowest BCUT2D eigenvalue weighted by molar-refractivity contribution is 0.627. The molecule has 0 aliphatic carbocycles. The van der Waals surface area contributed by atoms with E-state index in [4.69, 9.17) is 11.6 Å². The summed E-state index contributed by atoms with van der Waals surface area (Å²) in [6.07, 6.45) is 0. The van der Waals surface area contributed by atoms with E-state index >= 15 is 0 Å². The van der Waals surface area contributed by atoms with Gasteiger partial charge in [-0.2, -0.15) is 0 Å². The van der Waals surface area contributed by atoms with E-state index in [9.17, 15) is 4.39 Å². The topological polar surface area (TPSA) is 12.0 Å². The Labute approximate surface area is 118 Å². The molecule has 0 saturated carbocycles. The molecule has 0 amide bonds. The zero-order chi connectivity index (χ0) is 13.8. The Balaban J connectivity index is 2.12. The second kappa shape index (κ2) is 6.07. The third-order valence-corrected chi connectivity index (χ3v) is 3.34. The molecule has 0 saturated heterocycles. The fourth-order valence-electron chi connectivity index (χ4n) is 2.01. The minimum absolute atomic E-state index is 0.163. The Morgan fingerprint density at radius 3 is 2.58 bits per heavy atom. The van der Waals surface area contributed by atoms with Crippen molar-refractivity contribution in [2.24, 2.45) is 0 Å². The fraction of sp³-hybridized carbons (Fsp3) is 0.250. The summed E-state index contributed by atoms with van der Waals surface area (Å²) in [4.78, 5) is 0. The molecule has 0 bridgehead atoms. The SMILES string of the molecule is CC(C)c1ccccc1NCc1ccc(F)c(Cl)c1. The number of hydrogen-bond acceptors (Lipinski definition) is 1. The average Bonchev–Trinajstić information content (AvgIpc) is 2.40. The molecule has 0 heterocycles. The summed E-state index contributed by atoms with van der Waals surface area (Å²) >= 11 is 5.77. The predicted octanol–water partition coefficient (Wildman–Crippen LogP) is 5.21. The van der Waals surface area contributed by atoms with Crippen LogP contribution in [0.2, 0.25) is 5.02 Å². The number of anilines is 1. The van der Waals surface area contributed by atoms with Crippen LogP contribution in [0.25, 0.3) is 0 Å². The summed E-state index contributed by atoms with van der Waals surface area (Å²) in [6.45, 7) is 4.95. The summed E-state index contributed by atoms with van der Waals surface area (Å²) < 4.78 is 13.1. The zero-order valence-corrected chi connectivity index (χ0v) is 11.8. The van der Waals surface area contributed by atoms with Crippen molar-refractivity contribution in [2.45, 2.75) is 26.3 Å². The van der Waals surface area contributed by atoms with Crippen LogP contribution in [-0.4, -0.2) is 0 Å². The van der Waals surface area contributed by atoms with E-state index in [-0.39, 0.29) is 10.8 Å². The van der Waals surface area contributed by atoms with Crippen molar-refractivity contribution in [1.29, 1.82) is 0 Å². The van der Waals surface area contributed by atoms with Crippen LogP contribution in [0.15, 0.2) is 42.5 Å². The van der Waals surface area contributed by atoms with Gasteiger partial charge in [-0.15, -0.1) is 0 Å². The summed E-state index contributed by atoms with van der Waals surface area (Å²) in [7, 11) is 0. The average molecular weight is 278 g/mol. The highest BCUT2D eigenvalue weighted by Crippen LogP contribution is 2.24. The number of para-hydroxylation sites is 1. The van der Waals surface area contributed by atoms with Crippen LogP contribution in [-0.2, 0) is 6.54 Å². The van der Waals surface area contributed by atoms with Gasteiger partial charge >= 0.3 is 0 Å². The van der Waals surface area contributed by atoms with Gasteiger partial charge < -0.3 is 5.32 Å². The third kappa shape index (κ3) is 3.48. The van der Waals surface area contributed by atoms with E-state index < -0.39 is 0 Å². The van der Waals surface area contributed by atoms with E-state index in [1.54, 1.807) is 12.1 Å². The van der Waals surface area contributed by atoms with Gasteiger partial charge in [0, 0.05) is 12.2 Å². The molecule has 2 aromatic carbocycles. The van der Waals surface area contributed by atoms with Crippen molar-refractivity contribution < 1.29 is 4.39 Å². The predicted molar refractivity (Wildman–Crippen MR) is 79.3 cm³/mol.